The molecular formula is C8H7N3O4S. The molecule has 0 aliphatic carbocycles. The summed E-state index contributed by atoms with van der Waals surface area (Å²) < 4.78 is 4.85. The Kier molecular flexibility index (Phi) is 2.91. The molecule has 84 valence electrons. The maximum atomic E-state index is 11.1. The number of amides is 1. The maximum absolute atomic E-state index is 11.1. The summed E-state index contributed by atoms with van der Waals surface area (Å²) in [5.74, 6) is 0.606. The van der Waals surface area contributed by atoms with E-state index in [1.54, 1.807) is 0 Å². The zero-order valence-electron chi connectivity index (χ0n) is 8.03. The first kappa shape index (κ1) is 10.7. The number of hydrazone groups is 1. The second kappa shape index (κ2) is 4.35. The van der Waals surface area contributed by atoms with E-state index in [1.807, 2.05) is 0 Å². The summed E-state index contributed by atoms with van der Waals surface area (Å²) in [5, 5.41) is 15.4. The molecule has 0 atom stereocenters. The van der Waals surface area contributed by atoms with Crippen molar-refractivity contribution in [1.29, 1.82) is 0 Å². The average Bonchev–Trinajstić information content (AvgIpc) is 2.83. The fraction of sp³-hybridized carbons (Fsp3) is 0.250. The molecule has 0 radical (unpaired) electrons. The number of thioether (sulfide) groups is 1. The van der Waals surface area contributed by atoms with Crippen molar-refractivity contribution in [3.8, 4) is 0 Å². The number of carbonyl (C=O) groups excluding carboxylic acids is 1. The van der Waals surface area contributed by atoms with E-state index in [2.05, 4.69) is 5.10 Å². The van der Waals surface area contributed by atoms with Crippen LogP contribution in [0.3, 0.4) is 0 Å². The monoisotopic (exact) mass is 241 g/mol. The Morgan fingerprint density at radius 2 is 2.44 bits per heavy atom. The van der Waals surface area contributed by atoms with Gasteiger partial charge in [-0.15, -0.1) is 0 Å². The Morgan fingerprint density at radius 1 is 1.62 bits per heavy atom. The van der Waals surface area contributed by atoms with Gasteiger partial charge < -0.3 is 4.42 Å². The van der Waals surface area contributed by atoms with Crippen LogP contribution < -0.4 is 0 Å². The van der Waals surface area contributed by atoms with E-state index >= 15 is 0 Å². The summed E-state index contributed by atoms with van der Waals surface area (Å²) in [6.45, 7) is 0.544. The van der Waals surface area contributed by atoms with E-state index in [4.69, 9.17) is 4.42 Å². The highest BCUT2D eigenvalue weighted by molar-refractivity contribution is 8.13. The lowest BCUT2D eigenvalue weighted by atomic mass is 10.5. The van der Waals surface area contributed by atoms with E-state index < -0.39 is 4.92 Å². The minimum absolute atomic E-state index is 0.127. The van der Waals surface area contributed by atoms with Crippen molar-refractivity contribution >= 4 is 29.1 Å². The van der Waals surface area contributed by atoms with Crippen LogP contribution in [0.25, 0.3) is 0 Å². The fourth-order valence-corrected chi connectivity index (χ4v) is 1.85. The predicted molar refractivity (Wildman–Crippen MR) is 57.5 cm³/mol. The van der Waals surface area contributed by atoms with Crippen molar-refractivity contribution in [3.05, 3.63) is 28.0 Å². The molecule has 1 aliphatic heterocycles. The van der Waals surface area contributed by atoms with Gasteiger partial charge in [0.1, 0.15) is 4.92 Å². The Hall–Kier alpha value is -1.83. The molecule has 8 heteroatoms. The van der Waals surface area contributed by atoms with Crippen molar-refractivity contribution in [1.82, 2.24) is 5.01 Å². The van der Waals surface area contributed by atoms with Crippen LogP contribution in [-0.4, -0.2) is 33.7 Å². The van der Waals surface area contributed by atoms with Gasteiger partial charge in [0.05, 0.1) is 18.8 Å². The van der Waals surface area contributed by atoms with Crippen LogP contribution in [0.2, 0.25) is 0 Å². The first-order valence-electron chi connectivity index (χ1n) is 4.39. The summed E-state index contributed by atoms with van der Waals surface area (Å²) in [7, 11) is 0. The smallest absolute Gasteiger partial charge is 0.400 e. The largest absolute Gasteiger partial charge is 0.433 e. The molecule has 7 nitrogen and oxygen atoms in total. The number of rotatable bonds is 3. The molecule has 1 aromatic rings. The molecule has 0 N–H and O–H groups in total. The molecule has 1 aliphatic rings. The lowest BCUT2D eigenvalue weighted by molar-refractivity contribution is -0.402. The zero-order chi connectivity index (χ0) is 11.5. The van der Waals surface area contributed by atoms with Crippen LogP contribution in [0, 0.1) is 10.1 Å². The summed E-state index contributed by atoms with van der Waals surface area (Å²) in [6, 6.07) is 2.66. The Bertz CT molecular complexity index is 456. The van der Waals surface area contributed by atoms with Crippen molar-refractivity contribution in [2.45, 2.75) is 0 Å². The fourth-order valence-electron chi connectivity index (χ4n) is 1.13. The van der Waals surface area contributed by atoms with Gasteiger partial charge in [-0.1, -0.05) is 11.8 Å². The Balaban J connectivity index is 2.05. The Morgan fingerprint density at radius 3 is 3.00 bits per heavy atom. The van der Waals surface area contributed by atoms with Gasteiger partial charge in [-0.05, 0) is 6.07 Å². The molecule has 1 saturated heterocycles. The lowest BCUT2D eigenvalue weighted by Crippen LogP contribution is -2.16. The first-order valence-corrected chi connectivity index (χ1v) is 5.38. The quantitative estimate of drug-likeness (QED) is 0.456. The number of nitrogens with zero attached hydrogens (tertiary/aromatic N) is 3. The van der Waals surface area contributed by atoms with Gasteiger partial charge in [-0.2, -0.15) is 5.10 Å². The molecule has 16 heavy (non-hydrogen) atoms. The second-order valence-corrected chi connectivity index (χ2v) is 3.96. The summed E-state index contributed by atoms with van der Waals surface area (Å²) in [4.78, 5) is 20.8. The molecule has 2 rings (SSSR count). The number of nitro groups is 1. The van der Waals surface area contributed by atoms with Gasteiger partial charge in [-0.25, -0.2) is 5.01 Å². The van der Waals surface area contributed by atoms with Crippen molar-refractivity contribution < 1.29 is 14.1 Å². The van der Waals surface area contributed by atoms with E-state index in [0.29, 0.717) is 12.3 Å². The minimum atomic E-state index is -0.631. The summed E-state index contributed by atoms with van der Waals surface area (Å²) in [6.07, 6.45) is 1.29. The van der Waals surface area contributed by atoms with E-state index in [-0.39, 0.29) is 16.9 Å². The Labute approximate surface area is 94.2 Å². The second-order valence-electron chi connectivity index (χ2n) is 2.92. The van der Waals surface area contributed by atoms with Crippen LogP contribution in [-0.2, 0) is 0 Å². The van der Waals surface area contributed by atoms with Gasteiger partial charge in [0.25, 0.3) is 0 Å². The number of hydrogen-bond acceptors (Lipinski definition) is 6. The van der Waals surface area contributed by atoms with Crippen LogP contribution in [0.1, 0.15) is 5.76 Å². The third kappa shape index (κ3) is 2.22. The third-order valence-electron chi connectivity index (χ3n) is 1.86. The molecule has 0 saturated carbocycles. The van der Waals surface area contributed by atoms with Gasteiger partial charge in [0.15, 0.2) is 5.76 Å². The predicted octanol–water partition coefficient (Wildman–Crippen LogP) is 1.69. The molecule has 0 unspecified atom stereocenters. The molecule has 0 bridgehead atoms. The highest BCUT2D eigenvalue weighted by Crippen LogP contribution is 2.18. The molecule has 1 aromatic heterocycles. The number of furan rings is 1. The van der Waals surface area contributed by atoms with E-state index in [0.717, 1.165) is 0 Å². The topological polar surface area (TPSA) is 89.0 Å². The highest BCUT2D eigenvalue weighted by atomic mass is 32.2. The van der Waals surface area contributed by atoms with E-state index in [1.165, 1.54) is 35.1 Å². The lowest BCUT2D eigenvalue weighted by Gasteiger charge is -2.04. The van der Waals surface area contributed by atoms with Crippen LogP contribution in [0.4, 0.5) is 10.7 Å². The summed E-state index contributed by atoms with van der Waals surface area (Å²) >= 11 is 1.19. The number of carbonyl (C=O) groups is 1. The van der Waals surface area contributed by atoms with Gasteiger partial charge >= 0.3 is 11.1 Å². The highest BCUT2D eigenvalue weighted by Gasteiger charge is 2.20. The molecule has 1 fully saturated rings. The first-order chi connectivity index (χ1) is 7.66. The average molecular weight is 241 g/mol. The van der Waals surface area contributed by atoms with Crippen molar-refractivity contribution in [2.75, 3.05) is 12.3 Å². The van der Waals surface area contributed by atoms with Crippen LogP contribution >= 0.6 is 11.8 Å². The maximum Gasteiger partial charge on any atom is 0.433 e. The molecule has 0 spiro atoms. The molecular weight excluding hydrogens is 234 g/mol. The van der Waals surface area contributed by atoms with Crippen molar-refractivity contribution in [2.24, 2.45) is 5.10 Å². The zero-order valence-corrected chi connectivity index (χ0v) is 8.85. The summed E-state index contributed by atoms with van der Waals surface area (Å²) in [5.41, 5.74) is 0. The minimum Gasteiger partial charge on any atom is -0.400 e. The van der Waals surface area contributed by atoms with E-state index in [9.17, 15) is 14.9 Å². The number of hydrogen-bond donors (Lipinski definition) is 0. The third-order valence-corrected chi connectivity index (χ3v) is 2.70. The van der Waals surface area contributed by atoms with Gasteiger partial charge in [-0.3, -0.25) is 14.9 Å². The normalized spacial score (nSPS) is 16.2. The SMILES string of the molecule is O=C1SCCN1/N=C\c1ccc([N+](=O)[O-])o1. The van der Waals surface area contributed by atoms with Crippen LogP contribution in [0.5, 0.6) is 0 Å². The van der Waals surface area contributed by atoms with Gasteiger partial charge in [0, 0.05) is 5.75 Å². The van der Waals surface area contributed by atoms with Crippen molar-refractivity contribution in [3.63, 3.8) is 0 Å². The molecule has 2 heterocycles. The van der Waals surface area contributed by atoms with Gasteiger partial charge in [0.2, 0.25) is 0 Å². The molecule has 0 aromatic carbocycles. The molecule has 1 amide bonds. The van der Waals surface area contributed by atoms with Crippen LogP contribution in [0.15, 0.2) is 21.7 Å². The standard InChI is InChI=1S/C8H7N3O4S/c12-8-10(3-4-16-8)9-5-6-1-2-7(15-6)11(13)14/h1-2,5H,3-4H2/b9-5-.